The van der Waals surface area contributed by atoms with Crippen LogP contribution in [0.2, 0.25) is 0 Å². The lowest BCUT2D eigenvalue weighted by Crippen LogP contribution is -2.43. The summed E-state index contributed by atoms with van der Waals surface area (Å²) in [6.07, 6.45) is 0. The molecular weight excluding hydrogens is 590 g/mol. The van der Waals surface area contributed by atoms with Crippen molar-refractivity contribution in [1.29, 1.82) is 0 Å². The van der Waals surface area contributed by atoms with Crippen molar-refractivity contribution in [2.75, 3.05) is 33.4 Å². The van der Waals surface area contributed by atoms with Gasteiger partial charge in [-0.05, 0) is 60.0 Å². The highest BCUT2D eigenvalue weighted by atomic mass is 32.2. The van der Waals surface area contributed by atoms with Gasteiger partial charge in [-0.2, -0.15) is 4.31 Å². The highest BCUT2D eigenvalue weighted by Gasteiger charge is 2.33. The van der Waals surface area contributed by atoms with Gasteiger partial charge in [0.2, 0.25) is 15.9 Å². The first kappa shape index (κ1) is 31.9. The molecule has 4 aromatic rings. The third kappa shape index (κ3) is 7.78. The van der Waals surface area contributed by atoms with E-state index in [0.717, 1.165) is 16.7 Å². The van der Waals surface area contributed by atoms with Crippen molar-refractivity contribution in [2.45, 2.75) is 31.0 Å². The van der Waals surface area contributed by atoms with Crippen LogP contribution in [-0.4, -0.2) is 62.9 Å². The summed E-state index contributed by atoms with van der Waals surface area (Å²) in [6, 6.07) is 29.4. The molecule has 4 aromatic carbocycles. The lowest BCUT2D eigenvalue weighted by molar-refractivity contribution is -0.126. The van der Waals surface area contributed by atoms with Crippen molar-refractivity contribution in [3.05, 3.63) is 131 Å². The van der Waals surface area contributed by atoms with Crippen molar-refractivity contribution >= 4 is 21.8 Å². The van der Waals surface area contributed by atoms with Crippen molar-refractivity contribution in [3.8, 4) is 5.75 Å². The van der Waals surface area contributed by atoms with Gasteiger partial charge < -0.3 is 19.7 Å². The van der Waals surface area contributed by atoms with Gasteiger partial charge >= 0.3 is 0 Å². The average Bonchev–Trinajstić information content (AvgIpc) is 3.08. The molecule has 1 aliphatic rings. The number of hydrogen-bond donors (Lipinski definition) is 1. The van der Waals surface area contributed by atoms with Crippen LogP contribution in [0, 0.1) is 6.92 Å². The Balaban J connectivity index is 1.47. The fourth-order valence-electron chi connectivity index (χ4n) is 5.18. The summed E-state index contributed by atoms with van der Waals surface area (Å²) >= 11 is 0. The lowest BCUT2D eigenvalue weighted by Gasteiger charge is -2.32. The number of carbonyl (C=O) groups excluding carboxylic acids is 2. The number of nitrogens with zero attached hydrogens (tertiary/aromatic N) is 2. The van der Waals surface area contributed by atoms with E-state index in [-0.39, 0.29) is 42.5 Å². The SMILES string of the molecule is COc1ccc(CNC(=O)[C@H](c2ccc(C)cc2)N(Cc2ccccc2)C(=O)c2ccc(S(=O)(=O)N3CCOCC3)cc2)cc1. The number of hydrogen-bond acceptors (Lipinski definition) is 6. The van der Waals surface area contributed by atoms with Gasteiger partial charge in [0.1, 0.15) is 11.8 Å². The molecule has 0 radical (unpaired) electrons. The highest BCUT2D eigenvalue weighted by Crippen LogP contribution is 2.27. The Kier molecular flexibility index (Phi) is 10.3. The monoisotopic (exact) mass is 627 g/mol. The van der Waals surface area contributed by atoms with E-state index >= 15 is 0 Å². The smallest absolute Gasteiger partial charge is 0.255 e. The van der Waals surface area contributed by atoms with Crippen LogP contribution in [0.15, 0.2) is 108 Å². The van der Waals surface area contributed by atoms with Crippen LogP contribution < -0.4 is 10.1 Å². The van der Waals surface area contributed by atoms with Gasteiger partial charge in [-0.3, -0.25) is 9.59 Å². The number of ether oxygens (including phenoxy) is 2. The van der Waals surface area contributed by atoms with Crippen LogP contribution in [0.5, 0.6) is 5.75 Å². The molecule has 0 aliphatic carbocycles. The number of morpholine rings is 1. The van der Waals surface area contributed by atoms with Crippen LogP contribution >= 0.6 is 0 Å². The van der Waals surface area contributed by atoms with Crippen LogP contribution in [0.25, 0.3) is 0 Å². The molecule has 5 rings (SSSR count). The fraction of sp³-hybridized carbons (Fsp3) is 0.257. The Hall–Kier alpha value is -4.51. The van der Waals surface area contributed by atoms with Crippen LogP contribution in [0.1, 0.15) is 38.7 Å². The summed E-state index contributed by atoms with van der Waals surface area (Å²) in [5.74, 6) is -0.0316. The number of methoxy groups -OCH3 is 1. The quantitative estimate of drug-likeness (QED) is 0.258. The number of aryl methyl sites for hydroxylation is 1. The second kappa shape index (κ2) is 14.5. The maximum atomic E-state index is 14.3. The Morgan fingerprint density at radius 1 is 0.867 bits per heavy atom. The third-order valence-corrected chi connectivity index (χ3v) is 9.66. The summed E-state index contributed by atoms with van der Waals surface area (Å²) in [4.78, 5) is 30.0. The van der Waals surface area contributed by atoms with Crippen molar-refractivity contribution in [3.63, 3.8) is 0 Å². The van der Waals surface area contributed by atoms with Crippen molar-refractivity contribution in [1.82, 2.24) is 14.5 Å². The molecule has 1 N–H and O–H groups in total. The van der Waals surface area contributed by atoms with Gasteiger partial charge in [0.05, 0.1) is 25.2 Å². The summed E-state index contributed by atoms with van der Waals surface area (Å²) in [5.41, 5.74) is 3.67. The molecule has 2 amide bonds. The number of rotatable bonds is 11. The zero-order valence-electron chi connectivity index (χ0n) is 25.4. The minimum Gasteiger partial charge on any atom is -0.497 e. The van der Waals surface area contributed by atoms with Gasteiger partial charge in [0.25, 0.3) is 5.91 Å². The van der Waals surface area contributed by atoms with Crippen LogP contribution in [0.3, 0.4) is 0 Å². The third-order valence-electron chi connectivity index (χ3n) is 7.74. The molecule has 1 heterocycles. The van der Waals surface area contributed by atoms with E-state index in [4.69, 9.17) is 9.47 Å². The maximum absolute atomic E-state index is 14.3. The molecule has 0 unspecified atom stereocenters. The molecule has 0 bridgehead atoms. The van der Waals surface area contributed by atoms with Crippen molar-refractivity contribution in [2.24, 2.45) is 0 Å². The highest BCUT2D eigenvalue weighted by molar-refractivity contribution is 7.89. The zero-order chi connectivity index (χ0) is 31.8. The first-order chi connectivity index (χ1) is 21.8. The molecule has 234 valence electrons. The van der Waals surface area contributed by atoms with Crippen LogP contribution in [0.4, 0.5) is 0 Å². The summed E-state index contributed by atoms with van der Waals surface area (Å²) < 4.78 is 38.3. The molecule has 45 heavy (non-hydrogen) atoms. The number of nitrogens with one attached hydrogen (secondary N) is 1. The molecular formula is C35H37N3O6S. The van der Waals surface area contributed by atoms with E-state index < -0.39 is 22.0 Å². The van der Waals surface area contributed by atoms with E-state index in [1.807, 2.05) is 85.8 Å². The van der Waals surface area contributed by atoms with Gasteiger partial charge in [0, 0.05) is 31.7 Å². The predicted molar refractivity (Wildman–Crippen MR) is 171 cm³/mol. The first-order valence-corrected chi connectivity index (χ1v) is 16.2. The van der Waals surface area contributed by atoms with Gasteiger partial charge in [-0.15, -0.1) is 0 Å². The standard InChI is InChI=1S/C35H37N3O6S/c1-26-8-12-29(13-9-26)33(34(39)36-24-27-10-16-31(43-2)17-11-27)38(25-28-6-4-3-5-7-28)35(40)30-14-18-32(19-15-30)45(41,42)37-20-22-44-23-21-37/h3-19,33H,20-25H2,1-2H3,(H,36,39)/t33-/m0/s1. The van der Waals surface area contributed by atoms with E-state index in [9.17, 15) is 18.0 Å². The molecule has 0 aromatic heterocycles. The van der Waals surface area contributed by atoms with E-state index in [1.54, 1.807) is 7.11 Å². The van der Waals surface area contributed by atoms with Crippen LogP contribution in [-0.2, 0) is 32.6 Å². The van der Waals surface area contributed by atoms with Crippen molar-refractivity contribution < 1.29 is 27.5 Å². The normalized spacial score (nSPS) is 14.4. The van der Waals surface area contributed by atoms with Gasteiger partial charge in [-0.25, -0.2) is 8.42 Å². The second-order valence-electron chi connectivity index (χ2n) is 10.8. The lowest BCUT2D eigenvalue weighted by atomic mass is 10.00. The minimum atomic E-state index is -3.73. The summed E-state index contributed by atoms with van der Waals surface area (Å²) in [5, 5.41) is 3.02. The summed E-state index contributed by atoms with van der Waals surface area (Å²) in [6.45, 7) is 3.60. The molecule has 1 fully saturated rings. The van der Waals surface area contributed by atoms with E-state index in [2.05, 4.69) is 5.32 Å². The topological polar surface area (TPSA) is 105 Å². The predicted octanol–water partition coefficient (Wildman–Crippen LogP) is 4.72. The molecule has 0 spiro atoms. The van der Waals surface area contributed by atoms with E-state index in [0.29, 0.717) is 24.5 Å². The summed E-state index contributed by atoms with van der Waals surface area (Å²) in [7, 11) is -2.14. The minimum absolute atomic E-state index is 0.0999. The second-order valence-corrected chi connectivity index (χ2v) is 12.8. The molecule has 1 saturated heterocycles. The number of carbonyl (C=O) groups is 2. The van der Waals surface area contributed by atoms with Gasteiger partial charge in [-0.1, -0.05) is 72.3 Å². The average molecular weight is 628 g/mol. The number of benzene rings is 4. The Morgan fingerprint density at radius 3 is 2.13 bits per heavy atom. The molecule has 1 atom stereocenters. The Bertz CT molecular complexity index is 1690. The fourth-order valence-corrected chi connectivity index (χ4v) is 6.59. The maximum Gasteiger partial charge on any atom is 0.255 e. The van der Waals surface area contributed by atoms with Gasteiger partial charge in [0.15, 0.2) is 0 Å². The Labute approximate surface area is 264 Å². The first-order valence-electron chi connectivity index (χ1n) is 14.8. The Morgan fingerprint density at radius 2 is 1.51 bits per heavy atom. The number of sulfonamides is 1. The number of amides is 2. The van der Waals surface area contributed by atoms with E-state index in [1.165, 1.54) is 33.5 Å². The molecule has 0 saturated carbocycles. The molecule has 10 heteroatoms. The molecule has 1 aliphatic heterocycles. The zero-order valence-corrected chi connectivity index (χ0v) is 26.2. The largest absolute Gasteiger partial charge is 0.497 e. The molecule has 9 nitrogen and oxygen atoms in total.